The molecule has 1 aromatic rings. The molecular weight excluding hydrogens is 336 g/mol. The van der Waals surface area contributed by atoms with Crippen LogP contribution in [0, 0.1) is 3.57 Å². The Bertz CT molecular complexity index is 427. The summed E-state index contributed by atoms with van der Waals surface area (Å²) >= 11 is 1.54. The van der Waals surface area contributed by atoms with Gasteiger partial charge in [0.25, 0.3) is 0 Å². The van der Waals surface area contributed by atoms with Gasteiger partial charge in [-0.1, -0.05) is 0 Å². The first-order valence-electron chi connectivity index (χ1n) is 4.23. The van der Waals surface area contributed by atoms with Crippen molar-refractivity contribution in [2.24, 2.45) is 0 Å². The van der Waals surface area contributed by atoms with Gasteiger partial charge in [-0.15, -0.1) is 0 Å². The van der Waals surface area contributed by atoms with Gasteiger partial charge in [-0.2, -0.15) is 13.2 Å². The first kappa shape index (κ1) is 13.3. The quantitative estimate of drug-likeness (QED) is 0.606. The highest BCUT2D eigenvalue weighted by atomic mass is 127. The lowest BCUT2D eigenvalue weighted by molar-refractivity contribution is -0.139. The van der Waals surface area contributed by atoms with Crippen LogP contribution < -0.4 is 4.74 Å². The number of ketones is 1. The molecule has 0 atom stereocenters. The number of Topliss-reactive ketones (excluding diaryl/α,β-unsaturated/α-hetero) is 1. The van der Waals surface area contributed by atoms with Crippen LogP contribution in [-0.4, -0.2) is 12.9 Å². The minimum atomic E-state index is -4.49. The van der Waals surface area contributed by atoms with Gasteiger partial charge in [0.1, 0.15) is 11.3 Å². The Balaban J connectivity index is 3.46. The molecule has 0 unspecified atom stereocenters. The zero-order chi connectivity index (χ0) is 12.5. The maximum absolute atomic E-state index is 12.7. The Kier molecular flexibility index (Phi) is 3.82. The van der Waals surface area contributed by atoms with E-state index >= 15 is 0 Å². The van der Waals surface area contributed by atoms with Crippen molar-refractivity contribution in [2.45, 2.75) is 13.1 Å². The molecule has 1 aromatic carbocycles. The third kappa shape index (κ3) is 2.66. The number of alkyl halides is 3. The lowest BCUT2D eigenvalue weighted by Gasteiger charge is -2.14. The summed E-state index contributed by atoms with van der Waals surface area (Å²) in [5, 5.41) is 0. The van der Waals surface area contributed by atoms with Crippen LogP contribution in [0.15, 0.2) is 12.1 Å². The molecule has 0 radical (unpaired) electrons. The smallest absolute Gasteiger partial charge is 0.420 e. The van der Waals surface area contributed by atoms with Gasteiger partial charge in [0.2, 0.25) is 0 Å². The summed E-state index contributed by atoms with van der Waals surface area (Å²) < 4.78 is 42.6. The fraction of sp³-hybridized carbons (Fsp3) is 0.300. The molecule has 0 aliphatic rings. The van der Waals surface area contributed by atoms with Crippen LogP contribution in [0.4, 0.5) is 13.2 Å². The normalized spacial score (nSPS) is 11.4. The third-order valence-corrected chi connectivity index (χ3v) is 2.81. The SMILES string of the molecule is COc1cc(C(C)=O)cc(I)c1C(F)(F)F. The lowest BCUT2D eigenvalue weighted by atomic mass is 10.1. The Morgan fingerprint density at radius 1 is 1.38 bits per heavy atom. The van der Waals surface area contributed by atoms with E-state index in [2.05, 4.69) is 4.74 Å². The molecule has 0 fully saturated rings. The van der Waals surface area contributed by atoms with E-state index in [0.717, 1.165) is 13.2 Å². The van der Waals surface area contributed by atoms with Crippen LogP contribution in [0.3, 0.4) is 0 Å². The van der Waals surface area contributed by atoms with Crippen molar-refractivity contribution in [3.8, 4) is 5.75 Å². The van der Waals surface area contributed by atoms with Gasteiger partial charge in [-0.05, 0) is 41.6 Å². The summed E-state index contributed by atoms with van der Waals surface area (Å²) in [4.78, 5) is 11.1. The molecule has 6 heteroatoms. The highest BCUT2D eigenvalue weighted by Gasteiger charge is 2.37. The van der Waals surface area contributed by atoms with E-state index in [0.29, 0.717) is 0 Å². The largest absolute Gasteiger partial charge is 0.496 e. The van der Waals surface area contributed by atoms with E-state index in [4.69, 9.17) is 0 Å². The monoisotopic (exact) mass is 344 g/mol. The van der Waals surface area contributed by atoms with Gasteiger partial charge < -0.3 is 4.74 Å². The van der Waals surface area contributed by atoms with Crippen molar-refractivity contribution >= 4 is 28.4 Å². The molecule has 0 aromatic heterocycles. The summed E-state index contributed by atoms with van der Waals surface area (Å²) in [5.41, 5.74) is -0.644. The number of hydrogen-bond acceptors (Lipinski definition) is 2. The molecule has 0 saturated carbocycles. The second kappa shape index (κ2) is 4.60. The number of carbonyl (C=O) groups excluding carboxylic acids is 1. The second-order valence-electron chi connectivity index (χ2n) is 3.09. The van der Waals surface area contributed by atoms with Crippen LogP contribution >= 0.6 is 22.6 Å². The molecule has 0 aliphatic carbocycles. The second-order valence-corrected chi connectivity index (χ2v) is 4.25. The number of halogens is 4. The number of benzene rings is 1. The van der Waals surface area contributed by atoms with Crippen LogP contribution in [0.1, 0.15) is 22.8 Å². The number of rotatable bonds is 2. The minimum absolute atomic E-state index is 0.0466. The predicted octanol–water partition coefficient (Wildman–Crippen LogP) is 3.52. The Morgan fingerprint density at radius 3 is 2.31 bits per heavy atom. The molecule has 1 rings (SSSR count). The summed E-state index contributed by atoms with van der Waals surface area (Å²) in [5.74, 6) is -0.630. The van der Waals surface area contributed by atoms with Gasteiger partial charge >= 0.3 is 6.18 Å². The minimum Gasteiger partial charge on any atom is -0.496 e. The summed E-state index contributed by atoms with van der Waals surface area (Å²) in [7, 11) is 1.14. The van der Waals surface area contributed by atoms with Gasteiger partial charge in [0.15, 0.2) is 5.78 Å². The fourth-order valence-electron chi connectivity index (χ4n) is 1.22. The highest BCUT2D eigenvalue weighted by molar-refractivity contribution is 14.1. The molecule has 0 spiro atoms. The zero-order valence-corrected chi connectivity index (χ0v) is 10.6. The van der Waals surface area contributed by atoms with Gasteiger partial charge in [0, 0.05) is 9.13 Å². The van der Waals surface area contributed by atoms with E-state index < -0.39 is 11.7 Å². The molecule has 88 valence electrons. The molecule has 16 heavy (non-hydrogen) atoms. The van der Waals surface area contributed by atoms with E-state index in [1.807, 2.05) is 0 Å². The molecule has 2 nitrogen and oxygen atoms in total. The Hall–Kier alpha value is -0.790. The maximum Gasteiger partial charge on any atom is 0.420 e. The molecule has 0 saturated heterocycles. The number of hydrogen-bond donors (Lipinski definition) is 0. The van der Waals surface area contributed by atoms with Crippen molar-refractivity contribution < 1.29 is 22.7 Å². The summed E-state index contributed by atoms with van der Waals surface area (Å²) in [6, 6.07) is 2.31. The van der Waals surface area contributed by atoms with Crippen LogP contribution in [0.25, 0.3) is 0 Å². The first-order chi connectivity index (χ1) is 7.27. The summed E-state index contributed by atoms with van der Waals surface area (Å²) in [6.07, 6.45) is -4.49. The average Bonchev–Trinajstić information content (AvgIpc) is 2.14. The lowest BCUT2D eigenvalue weighted by Crippen LogP contribution is -2.11. The maximum atomic E-state index is 12.7. The third-order valence-electron chi connectivity index (χ3n) is 1.96. The van der Waals surface area contributed by atoms with Crippen molar-refractivity contribution in [1.82, 2.24) is 0 Å². The van der Waals surface area contributed by atoms with Crippen molar-refractivity contribution in [2.75, 3.05) is 7.11 Å². The molecule has 0 N–H and O–H groups in total. The van der Waals surface area contributed by atoms with E-state index in [-0.39, 0.29) is 20.7 Å². The number of carbonyl (C=O) groups is 1. The Morgan fingerprint density at radius 2 is 1.94 bits per heavy atom. The van der Waals surface area contributed by atoms with Gasteiger partial charge in [0.05, 0.1) is 7.11 Å². The molecule has 0 amide bonds. The van der Waals surface area contributed by atoms with Crippen molar-refractivity contribution in [3.63, 3.8) is 0 Å². The Labute approximate surface area is 104 Å². The highest BCUT2D eigenvalue weighted by Crippen LogP contribution is 2.40. The standard InChI is InChI=1S/C10H8F3IO2/c1-5(15)6-3-7(14)9(10(11,12)13)8(4-6)16-2/h3-4H,1-2H3. The first-order valence-corrected chi connectivity index (χ1v) is 5.31. The zero-order valence-electron chi connectivity index (χ0n) is 8.48. The van der Waals surface area contributed by atoms with Crippen molar-refractivity contribution in [1.29, 1.82) is 0 Å². The van der Waals surface area contributed by atoms with E-state index in [1.165, 1.54) is 13.0 Å². The number of methoxy groups -OCH3 is 1. The molecule has 0 heterocycles. The van der Waals surface area contributed by atoms with Gasteiger partial charge in [-0.3, -0.25) is 4.79 Å². The van der Waals surface area contributed by atoms with Crippen LogP contribution in [0.5, 0.6) is 5.75 Å². The molecule has 0 aliphatic heterocycles. The predicted molar refractivity (Wildman–Crippen MR) is 60.7 cm³/mol. The van der Waals surface area contributed by atoms with Crippen LogP contribution in [0.2, 0.25) is 0 Å². The summed E-state index contributed by atoms with van der Waals surface area (Å²) in [6.45, 7) is 1.29. The average molecular weight is 344 g/mol. The number of ether oxygens (including phenoxy) is 1. The van der Waals surface area contributed by atoms with Crippen LogP contribution in [-0.2, 0) is 6.18 Å². The van der Waals surface area contributed by atoms with E-state index in [1.54, 1.807) is 22.6 Å². The molecule has 0 bridgehead atoms. The molecular formula is C10H8F3IO2. The fourth-order valence-corrected chi connectivity index (χ4v) is 2.13. The van der Waals surface area contributed by atoms with Crippen molar-refractivity contribution in [3.05, 3.63) is 26.8 Å². The topological polar surface area (TPSA) is 26.3 Å². The van der Waals surface area contributed by atoms with E-state index in [9.17, 15) is 18.0 Å². The van der Waals surface area contributed by atoms with Gasteiger partial charge in [-0.25, -0.2) is 0 Å².